The molecule has 0 aliphatic carbocycles. The first kappa shape index (κ1) is 9.30. The molecule has 0 saturated carbocycles. The molecule has 0 fully saturated rings. The number of halogens is 3. The second-order valence-corrected chi connectivity index (χ2v) is 1.65. The summed E-state index contributed by atoms with van der Waals surface area (Å²) in [6.45, 7) is 0. The summed E-state index contributed by atoms with van der Waals surface area (Å²) in [7, 11) is 0. The number of allylic oxidation sites excluding steroid dienone is 3. The van der Waals surface area contributed by atoms with Crippen molar-refractivity contribution in [3.8, 4) is 0 Å². The third-order valence-corrected chi connectivity index (χ3v) is 0.873. The van der Waals surface area contributed by atoms with Crippen molar-refractivity contribution in [3.05, 3.63) is 24.4 Å². The molecule has 0 aromatic heterocycles. The Morgan fingerprint density at radius 3 is 2.60 bits per heavy atom. The molecule has 10 heavy (non-hydrogen) atoms. The molecule has 0 unspecified atom stereocenters. The topological polar surface area (TPSA) is 12.4 Å². The highest BCUT2D eigenvalue weighted by molar-refractivity contribution is 5.85. The van der Waals surface area contributed by atoms with E-state index < -0.39 is 5.92 Å². The molecule has 0 bridgehead atoms. The average Bonchev–Trinajstić information content (AvgIpc) is 1.92. The molecule has 1 aliphatic rings. The Hall–Kier alpha value is -0.700. The van der Waals surface area contributed by atoms with Gasteiger partial charge in [0, 0.05) is 18.5 Å². The van der Waals surface area contributed by atoms with Gasteiger partial charge in [-0.25, -0.2) is 0 Å². The molecule has 0 amide bonds. The summed E-state index contributed by atoms with van der Waals surface area (Å²) in [5, 5.41) is 0. The van der Waals surface area contributed by atoms with Gasteiger partial charge >= 0.3 is 0 Å². The molecule has 0 N–H and O–H groups in total. The average molecular weight is 166 g/mol. The van der Waals surface area contributed by atoms with Crippen LogP contribution in [0, 0.1) is 0 Å². The summed E-state index contributed by atoms with van der Waals surface area (Å²) in [5.41, 5.74) is 0. The lowest BCUT2D eigenvalue weighted by Crippen LogP contribution is -2.05. The van der Waals surface area contributed by atoms with Crippen LogP contribution in [0.2, 0.25) is 0 Å². The maximum absolute atomic E-state index is 12.2. The molecule has 1 aliphatic heterocycles. The monoisotopic (exact) mass is 165 g/mol. The highest BCUT2D eigenvalue weighted by atomic mass is 35.5. The summed E-state index contributed by atoms with van der Waals surface area (Å²) in [6, 6.07) is 0. The number of rotatable bonds is 0. The van der Waals surface area contributed by atoms with Crippen molar-refractivity contribution in [2.45, 2.75) is 5.92 Å². The Bertz CT molecular complexity index is 166. The fraction of sp³-hybridized carbons (Fsp3) is 0.167. The van der Waals surface area contributed by atoms with Gasteiger partial charge < -0.3 is 0 Å². The number of nitrogens with zero attached hydrogens (tertiary/aromatic N) is 1. The summed E-state index contributed by atoms with van der Waals surface area (Å²) in [4.78, 5) is 3.49. The first-order valence-electron chi connectivity index (χ1n) is 2.47. The van der Waals surface area contributed by atoms with Gasteiger partial charge in [-0.15, -0.1) is 12.4 Å². The van der Waals surface area contributed by atoms with Gasteiger partial charge in [0.05, 0.1) is 0 Å². The predicted molar refractivity (Wildman–Crippen MR) is 39.0 cm³/mol. The van der Waals surface area contributed by atoms with E-state index in [1.54, 1.807) is 0 Å². The molecule has 56 valence electrons. The van der Waals surface area contributed by atoms with Gasteiger partial charge in [0.15, 0.2) is 0 Å². The van der Waals surface area contributed by atoms with Gasteiger partial charge in [0.2, 0.25) is 0 Å². The molecule has 0 saturated heterocycles. The van der Waals surface area contributed by atoms with Crippen LogP contribution in [0.15, 0.2) is 29.4 Å². The van der Waals surface area contributed by atoms with Crippen molar-refractivity contribution in [3.63, 3.8) is 0 Å². The molecular weight excluding hydrogens is 160 g/mol. The third-order valence-electron chi connectivity index (χ3n) is 0.873. The van der Waals surface area contributed by atoms with Crippen molar-refractivity contribution in [2.24, 2.45) is 4.99 Å². The molecule has 4 heteroatoms. The van der Waals surface area contributed by atoms with Gasteiger partial charge in [-0.05, 0) is 12.2 Å². The summed E-state index contributed by atoms with van der Waals surface area (Å²) in [5.74, 6) is -2.82. The lowest BCUT2D eigenvalue weighted by atomic mass is 10.3. The SMILES string of the molecule is Cl.FC1(F)C=CC=NC=C1. The maximum Gasteiger partial charge on any atom is 0.287 e. The first-order chi connectivity index (χ1) is 4.21. The lowest BCUT2D eigenvalue weighted by Gasteiger charge is -2.00. The molecule has 0 spiro atoms. The maximum atomic E-state index is 12.2. The molecular formula is C6H6ClF2N. The minimum absolute atomic E-state index is 0. The standard InChI is InChI=1S/C6H5F2N.ClH/c7-6(8)2-1-4-9-5-3-6;/h1-5H;1H. The molecule has 0 atom stereocenters. The smallest absolute Gasteiger partial charge is 0.265 e. The highest BCUT2D eigenvalue weighted by Gasteiger charge is 2.19. The van der Waals surface area contributed by atoms with Crippen LogP contribution in [0.25, 0.3) is 0 Å². The summed E-state index contributed by atoms with van der Waals surface area (Å²) < 4.78 is 24.4. The van der Waals surface area contributed by atoms with Gasteiger partial charge in [-0.3, -0.25) is 4.99 Å². The Morgan fingerprint density at radius 2 is 1.90 bits per heavy atom. The van der Waals surface area contributed by atoms with E-state index in [0.29, 0.717) is 0 Å². The van der Waals surface area contributed by atoms with Crippen molar-refractivity contribution in [2.75, 3.05) is 0 Å². The zero-order chi connectivity index (χ0) is 6.74. The van der Waals surface area contributed by atoms with Crippen LogP contribution in [0.1, 0.15) is 0 Å². The highest BCUT2D eigenvalue weighted by Crippen LogP contribution is 2.17. The van der Waals surface area contributed by atoms with E-state index in [2.05, 4.69) is 4.99 Å². The fourth-order valence-electron chi connectivity index (χ4n) is 0.469. The Labute approximate surface area is 63.6 Å². The minimum Gasteiger partial charge on any atom is -0.265 e. The van der Waals surface area contributed by atoms with E-state index in [9.17, 15) is 8.78 Å². The second-order valence-electron chi connectivity index (χ2n) is 1.65. The number of hydrogen-bond donors (Lipinski definition) is 0. The van der Waals surface area contributed by atoms with Gasteiger partial charge in [-0.2, -0.15) is 8.78 Å². The number of aliphatic imine (C=N–C) groups is 1. The quantitative estimate of drug-likeness (QED) is 0.522. The van der Waals surface area contributed by atoms with Crippen LogP contribution in [0.5, 0.6) is 0 Å². The van der Waals surface area contributed by atoms with Crippen LogP contribution < -0.4 is 0 Å². The van der Waals surface area contributed by atoms with E-state index in [-0.39, 0.29) is 12.4 Å². The zero-order valence-electron chi connectivity index (χ0n) is 5.00. The summed E-state index contributed by atoms with van der Waals surface area (Å²) in [6.07, 6.45) is 5.16. The third kappa shape index (κ3) is 2.73. The lowest BCUT2D eigenvalue weighted by molar-refractivity contribution is 0.111. The predicted octanol–water partition coefficient (Wildman–Crippen LogP) is 2.20. The van der Waals surface area contributed by atoms with Gasteiger partial charge in [-0.1, -0.05) is 0 Å². The van der Waals surface area contributed by atoms with Gasteiger partial charge in [0.25, 0.3) is 5.92 Å². The molecule has 1 nitrogen and oxygen atoms in total. The van der Waals surface area contributed by atoms with Crippen LogP contribution in [0.3, 0.4) is 0 Å². The van der Waals surface area contributed by atoms with E-state index in [1.165, 1.54) is 12.3 Å². The minimum atomic E-state index is -2.82. The molecule has 1 heterocycles. The van der Waals surface area contributed by atoms with E-state index in [0.717, 1.165) is 18.4 Å². The normalized spacial score (nSPS) is 19.8. The van der Waals surface area contributed by atoms with Crippen LogP contribution in [-0.2, 0) is 0 Å². The van der Waals surface area contributed by atoms with Gasteiger partial charge in [0.1, 0.15) is 0 Å². The van der Waals surface area contributed by atoms with Crippen LogP contribution in [0.4, 0.5) is 8.78 Å². The number of alkyl halides is 2. The van der Waals surface area contributed by atoms with E-state index >= 15 is 0 Å². The van der Waals surface area contributed by atoms with Crippen molar-refractivity contribution in [1.82, 2.24) is 0 Å². The molecule has 0 radical (unpaired) electrons. The summed E-state index contributed by atoms with van der Waals surface area (Å²) >= 11 is 0. The number of hydrogen-bond acceptors (Lipinski definition) is 1. The Balaban J connectivity index is 0.000000810. The van der Waals surface area contributed by atoms with Crippen molar-refractivity contribution in [1.29, 1.82) is 0 Å². The first-order valence-corrected chi connectivity index (χ1v) is 2.47. The van der Waals surface area contributed by atoms with Crippen molar-refractivity contribution < 1.29 is 8.78 Å². The molecule has 1 rings (SSSR count). The second kappa shape index (κ2) is 3.46. The fourth-order valence-corrected chi connectivity index (χ4v) is 0.469. The van der Waals surface area contributed by atoms with E-state index in [4.69, 9.17) is 0 Å². The van der Waals surface area contributed by atoms with Crippen molar-refractivity contribution >= 4 is 18.6 Å². The molecule has 0 aromatic rings. The Kier molecular flexibility index (Phi) is 3.22. The molecule has 0 aromatic carbocycles. The van der Waals surface area contributed by atoms with E-state index in [1.807, 2.05) is 0 Å². The Morgan fingerprint density at radius 1 is 1.20 bits per heavy atom. The zero-order valence-corrected chi connectivity index (χ0v) is 5.81. The van der Waals surface area contributed by atoms with Crippen LogP contribution >= 0.6 is 12.4 Å². The largest absolute Gasteiger partial charge is 0.287 e. The van der Waals surface area contributed by atoms with Crippen LogP contribution in [-0.4, -0.2) is 12.1 Å².